The van der Waals surface area contributed by atoms with Gasteiger partial charge in [0.15, 0.2) is 0 Å². The van der Waals surface area contributed by atoms with Crippen LogP contribution in [0.15, 0.2) is 22.7 Å². The fourth-order valence-electron chi connectivity index (χ4n) is 1.21. The first-order valence-corrected chi connectivity index (χ1v) is 5.97. The van der Waals surface area contributed by atoms with Gasteiger partial charge >= 0.3 is 5.97 Å². The number of benzene rings is 1. The third-order valence-corrected chi connectivity index (χ3v) is 2.51. The van der Waals surface area contributed by atoms with E-state index in [2.05, 4.69) is 15.9 Å². The molecule has 4 heteroatoms. The van der Waals surface area contributed by atoms with Crippen molar-refractivity contribution in [3.8, 4) is 5.75 Å². The minimum atomic E-state index is -0.227. The molecule has 1 aromatic rings. The Hall–Kier alpha value is -1.03. The topological polar surface area (TPSA) is 35.5 Å². The summed E-state index contributed by atoms with van der Waals surface area (Å²) in [6.07, 6.45) is 0.278. The predicted molar refractivity (Wildman–Crippen MR) is 65.6 cm³/mol. The molecule has 0 aliphatic carbocycles. The number of carbonyl (C=O) groups is 1. The third kappa shape index (κ3) is 4.23. The largest absolute Gasteiger partial charge is 0.493 e. The summed E-state index contributed by atoms with van der Waals surface area (Å²) in [5.41, 5.74) is 1.05. The summed E-state index contributed by atoms with van der Waals surface area (Å²) in [5, 5.41) is 0. The fourth-order valence-corrected chi connectivity index (χ4v) is 1.55. The smallest absolute Gasteiger partial charge is 0.309 e. The highest BCUT2D eigenvalue weighted by Gasteiger charge is 2.04. The van der Waals surface area contributed by atoms with Crippen LogP contribution in [0.4, 0.5) is 0 Å². The molecule has 0 saturated carbocycles. The maximum absolute atomic E-state index is 11.1. The maximum Gasteiger partial charge on any atom is 0.309 e. The van der Waals surface area contributed by atoms with Gasteiger partial charge in [-0.15, -0.1) is 0 Å². The molecule has 0 atom stereocenters. The molecule has 1 rings (SSSR count). The van der Waals surface area contributed by atoms with Crippen molar-refractivity contribution in [1.29, 1.82) is 0 Å². The minimum absolute atomic E-state index is 0.227. The Morgan fingerprint density at radius 2 is 2.19 bits per heavy atom. The SMILES string of the molecule is CCOC(=O)CCOc1cc(Br)ccc1C. The predicted octanol–water partition coefficient (Wildman–Crippen LogP) is 3.09. The average Bonchev–Trinajstić information content (AvgIpc) is 2.23. The molecule has 0 heterocycles. The Bertz CT molecular complexity index is 363. The van der Waals surface area contributed by atoms with Crippen LogP contribution < -0.4 is 4.74 Å². The zero-order valence-electron chi connectivity index (χ0n) is 9.46. The summed E-state index contributed by atoms with van der Waals surface area (Å²) in [6, 6.07) is 5.80. The molecule has 0 N–H and O–H groups in total. The molecule has 16 heavy (non-hydrogen) atoms. The first-order chi connectivity index (χ1) is 7.63. The van der Waals surface area contributed by atoms with Crippen LogP contribution in [0.25, 0.3) is 0 Å². The Kier molecular flexibility index (Phi) is 5.32. The van der Waals surface area contributed by atoms with E-state index in [1.54, 1.807) is 6.92 Å². The van der Waals surface area contributed by atoms with Gasteiger partial charge < -0.3 is 9.47 Å². The molecule has 0 spiro atoms. The Balaban J connectivity index is 2.42. The van der Waals surface area contributed by atoms with Crippen LogP contribution in [-0.4, -0.2) is 19.2 Å². The number of halogens is 1. The second-order valence-corrected chi connectivity index (χ2v) is 4.23. The Morgan fingerprint density at radius 1 is 1.44 bits per heavy atom. The summed E-state index contributed by atoms with van der Waals surface area (Å²) in [7, 11) is 0. The van der Waals surface area contributed by atoms with E-state index in [4.69, 9.17) is 9.47 Å². The average molecular weight is 287 g/mol. The highest BCUT2D eigenvalue weighted by Crippen LogP contribution is 2.22. The number of hydrogen-bond donors (Lipinski definition) is 0. The quantitative estimate of drug-likeness (QED) is 0.781. The molecule has 0 bridgehead atoms. The first kappa shape index (κ1) is 13.0. The van der Waals surface area contributed by atoms with E-state index in [9.17, 15) is 4.79 Å². The van der Waals surface area contributed by atoms with E-state index in [0.29, 0.717) is 13.2 Å². The van der Waals surface area contributed by atoms with Crippen molar-refractivity contribution >= 4 is 21.9 Å². The van der Waals surface area contributed by atoms with E-state index in [-0.39, 0.29) is 12.4 Å². The van der Waals surface area contributed by atoms with Gasteiger partial charge in [-0.25, -0.2) is 0 Å². The molecule has 0 saturated heterocycles. The molecular weight excluding hydrogens is 272 g/mol. The lowest BCUT2D eigenvalue weighted by Crippen LogP contribution is -2.09. The van der Waals surface area contributed by atoms with Crippen molar-refractivity contribution in [2.24, 2.45) is 0 Å². The summed E-state index contributed by atoms with van der Waals surface area (Å²) in [6.45, 7) is 4.51. The second-order valence-electron chi connectivity index (χ2n) is 3.31. The van der Waals surface area contributed by atoms with Crippen molar-refractivity contribution in [1.82, 2.24) is 0 Å². The van der Waals surface area contributed by atoms with Gasteiger partial charge in [0.1, 0.15) is 5.75 Å². The van der Waals surface area contributed by atoms with E-state index >= 15 is 0 Å². The van der Waals surface area contributed by atoms with Crippen molar-refractivity contribution in [2.75, 3.05) is 13.2 Å². The van der Waals surface area contributed by atoms with Gasteiger partial charge in [0.05, 0.1) is 19.6 Å². The molecule has 0 aliphatic rings. The lowest BCUT2D eigenvalue weighted by atomic mass is 10.2. The van der Waals surface area contributed by atoms with Crippen LogP contribution in [0.2, 0.25) is 0 Å². The molecular formula is C12H15BrO3. The molecule has 0 amide bonds. The van der Waals surface area contributed by atoms with Crippen molar-refractivity contribution in [2.45, 2.75) is 20.3 Å². The van der Waals surface area contributed by atoms with Crippen LogP contribution in [0.1, 0.15) is 18.9 Å². The van der Waals surface area contributed by atoms with Crippen molar-refractivity contribution < 1.29 is 14.3 Å². The Labute approximate surface area is 104 Å². The van der Waals surface area contributed by atoms with E-state index in [0.717, 1.165) is 15.8 Å². The Morgan fingerprint density at radius 3 is 2.88 bits per heavy atom. The zero-order valence-corrected chi connectivity index (χ0v) is 11.0. The lowest BCUT2D eigenvalue weighted by Gasteiger charge is -2.09. The summed E-state index contributed by atoms with van der Waals surface area (Å²) >= 11 is 3.37. The third-order valence-electron chi connectivity index (χ3n) is 2.02. The zero-order chi connectivity index (χ0) is 12.0. The number of ether oxygens (including phenoxy) is 2. The molecule has 1 aromatic carbocycles. The molecule has 0 aromatic heterocycles. The van der Waals surface area contributed by atoms with Crippen LogP contribution in [0.3, 0.4) is 0 Å². The summed E-state index contributed by atoms with van der Waals surface area (Å²) in [4.78, 5) is 11.1. The minimum Gasteiger partial charge on any atom is -0.493 e. The maximum atomic E-state index is 11.1. The monoisotopic (exact) mass is 286 g/mol. The number of rotatable bonds is 5. The number of aryl methyl sites for hydroxylation is 1. The number of hydrogen-bond acceptors (Lipinski definition) is 3. The normalized spacial score (nSPS) is 9.94. The summed E-state index contributed by atoms with van der Waals surface area (Å²) in [5.74, 6) is 0.564. The molecule has 3 nitrogen and oxygen atoms in total. The number of carbonyl (C=O) groups excluding carboxylic acids is 1. The van der Waals surface area contributed by atoms with E-state index in [1.165, 1.54) is 0 Å². The van der Waals surface area contributed by atoms with Crippen molar-refractivity contribution in [3.05, 3.63) is 28.2 Å². The van der Waals surface area contributed by atoms with Crippen molar-refractivity contribution in [3.63, 3.8) is 0 Å². The number of esters is 1. The van der Waals surface area contributed by atoms with Crippen LogP contribution in [0.5, 0.6) is 5.75 Å². The van der Waals surface area contributed by atoms with Gasteiger partial charge in [0, 0.05) is 4.47 Å². The second kappa shape index (κ2) is 6.53. The summed E-state index contributed by atoms with van der Waals surface area (Å²) < 4.78 is 11.3. The van der Waals surface area contributed by atoms with Crippen LogP contribution in [0, 0.1) is 6.92 Å². The molecule has 0 aliphatic heterocycles. The molecule has 0 radical (unpaired) electrons. The van der Waals surface area contributed by atoms with Crippen LogP contribution >= 0.6 is 15.9 Å². The van der Waals surface area contributed by atoms with Gasteiger partial charge in [-0.3, -0.25) is 4.79 Å². The van der Waals surface area contributed by atoms with Gasteiger partial charge in [0.25, 0.3) is 0 Å². The van der Waals surface area contributed by atoms with Gasteiger partial charge in [-0.2, -0.15) is 0 Å². The molecule has 0 fully saturated rings. The highest BCUT2D eigenvalue weighted by molar-refractivity contribution is 9.10. The molecule has 88 valence electrons. The highest BCUT2D eigenvalue weighted by atomic mass is 79.9. The first-order valence-electron chi connectivity index (χ1n) is 5.18. The van der Waals surface area contributed by atoms with E-state index < -0.39 is 0 Å². The fraction of sp³-hybridized carbons (Fsp3) is 0.417. The van der Waals surface area contributed by atoms with Gasteiger partial charge in [-0.1, -0.05) is 22.0 Å². The van der Waals surface area contributed by atoms with Gasteiger partial charge in [0.2, 0.25) is 0 Å². The van der Waals surface area contributed by atoms with Crippen LogP contribution in [-0.2, 0) is 9.53 Å². The standard InChI is InChI=1S/C12H15BrO3/c1-3-15-12(14)6-7-16-11-8-10(13)5-4-9(11)2/h4-5,8H,3,6-7H2,1-2H3. The molecule has 0 unspecified atom stereocenters. The lowest BCUT2D eigenvalue weighted by molar-refractivity contribution is -0.143. The van der Waals surface area contributed by atoms with Gasteiger partial charge in [-0.05, 0) is 31.5 Å². The van der Waals surface area contributed by atoms with E-state index in [1.807, 2.05) is 25.1 Å².